The number of piperazine rings is 1. The van der Waals surface area contributed by atoms with Crippen molar-refractivity contribution in [3.05, 3.63) is 45.5 Å². The molecule has 1 aliphatic heterocycles. The van der Waals surface area contributed by atoms with Crippen molar-refractivity contribution < 1.29 is 9.72 Å². The minimum absolute atomic E-state index is 0.0190. The third-order valence-electron chi connectivity index (χ3n) is 5.66. The van der Waals surface area contributed by atoms with Crippen molar-refractivity contribution in [3.8, 4) is 0 Å². The van der Waals surface area contributed by atoms with Gasteiger partial charge in [-0.1, -0.05) is 23.8 Å². The summed E-state index contributed by atoms with van der Waals surface area (Å²) in [5.41, 5.74) is 0.592. The third kappa shape index (κ3) is 2.99. The molecule has 3 atom stereocenters. The molecule has 25 heavy (non-hydrogen) atoms. The molecule has 132 valence electrons. The molecule has 4 rings (SSSR count). The molecule has 2 bridgehead atoms. The molecule has 1 heterocycles. The Balaban J connectivity index is 1.43. The highest BCUT2D eigenvalue weighted by molar-refractivity contribution is 6.30. The number of hydrogen-bond acceptors (Lipinski definition) is 4. The highest BCUT2D eigenvalue weighted by Gasteiger charge is 2.42. The summed E-state index contributed by atoms with van der Waals surface area (Å²) in [6.07, 6.45) is 6.53. The highest BCUT2D eigenvalue weighted by atomic mass is 35.5. The van der Waals surface area contributed by atoms with Crippen LogP contribution < -0.4 is 4.90 Å². The van der Waals surface area contributed by atoms with E-state index >= 15 is 0 Å². The highest BCUT2D eigenvalue weighted by Crippen LogP contribution is 2.44. The van der Waals surface area contributed by atoms with E-state index in [9.17, 15) is 14.9 Å². The van der Waals surface area contributed by atoms with Crippen LogP contribution in [-0.2, 0) is 4.79 Å². The van der Waals surface area contributed by atoms with Crippen LogP contribution in [0.1, 0.15) is 12.8 Å². The fourth-order valence-corrected chi connectivity index (χ4v) is 4.54. The molecular weight excluding hydrogens is 342 g/mol. The molecule has 1 aromatic rings. The van der Waals surface area contributed by atoms with Crippen molar-refractivity contribution in [2.24, 2.45) is 17.8 Å². The van der Waals surface area contributed by atoms with Crippen molar-refractivity contribution in [3.63, 3.8) is 0 Å². The van der Waals surface area contributed by atoms with Crippen molar-refractivity contribution >= 4 is 28.9 Å². The number of hydrogen-bond donors (Lipinski definition) is 0. The summed E-state index contributed by atoms with van der Waals surface area (Å²) in [7, 11) is 0. The van der Waals surface area contributed by atoms with Crippen molar-refractivity contribution in [1.82, 2.24) is 4.90 Å². The molecule has 0 aromatic heterocycles. The number of benzene rings is 1. The van der Waals surface area contributed by atoms with Gasteiger partial charge in [0.05, 0.1) is 4.92 Å². The minimum Gasteiger partial charge on any atom is -0.362 e. The van der Waals surface area contributed by atoms with E-state index in [1.807, 2.05) is 9.80 Å². The number of carbonyl (C=O) groups excluding carboxylic acids is 1. The Hall–Kier alpha value is -2.08. The van der Waals surface area contributed by atoms with Gasteiger partial charge >= 0.3 is 0 Å². The second-order valence-corrected chi connectivity index (χ2v) is 7.53. The maximum absolute atomic E-state index is 12.8. The fraction of sp³-hybridized carbons (Fsp3) is 0.500. The molecule has 1 amide bonds. The molecule has 1 saturated carbocycles. The van der Waals surface area contributed by atoms with Gasteiger partial charge in [0.1, 0.15) is 5.69 Å². The number of fused-ring (bicyclic) bond motifs is 2. The van der Waals surface area contributed by atoms with Crippen molar-refractivity contribution in [2.75, 3.05) is 31.1 Å². The Morgan fingerprint density at radius 2 is 1.92 bits per heavy atom. The first kappa shape index (κ1) is 16.4. The Kier molecular flexibility index (Phi) is 4.15. The van der Waals surface area contributed by atoms with Crippen LogP contribution in [0.4, 0.5) is 11.4 Å². The van der Waals surface area contributed by atoms with E-state index in [0.29, 0.717) is 48.7 Å². The lowest BCUT2D eigenvalue weighted by molar-refractivity contribution is -0.384. The Bertz CT molecular complexity index is 743. The van der Waals surface area contributed by atoms with Gasteiger partial charge in [-0.3, -0.25) is 14.9 Å². The lowest BCUT2D eigenvalue weighted by Crippen LogP contribution is -2.51. The second kappa shape index (κ2) is 6.33. The van der Waals surface area contributed by atoms with Crippen LogP contribution in [0.3, 0.4) is 0 Å². The largest absolute Gasteiger partial charge is 0.362 e. The number of carbonyl (C=O) groups is 1. The molecule has 2 aliphatic carbocycles. The first-order valence-corrected chi connectivity index (χ1v) is 9.06. The monoisotopic (exact) mass is 361 g/mol. The normalized spacial score (nSPS) is 27.8. The van der Waals surface area contributed by atoms with Crippen molar-refractivity contribution in [1.29, 1.82) is 0 Å². The number of rotatable bonds is 3. The average Bonchev–Trinajstić information content (AvgIpc) is 3.24. The molecule has 0 spiro atoms. The molecule has 0 N–H and O–H groups in total. The van der Waals surface area contributed by atoms with Gasteiger partial charge in [-0.25, -0.2) is 0 Å². The molecule has 3 aliphatic rings. The fourth-order valence-electron chi connectivity index (χ4n) is 4.38. The van der Waals surface area contributed by atoms with Crippen LogP contribution >= 0.6 is 11.6 Å². The Morgan fingerprint density at radius 1 is 1.16 bits per heavy atom. The topological polar surface area (TPSA) is 66.7 Å². The number of halogens is 1. The zero-order valence-electron chi connectivity index (χ0n) is 13.8. The summed E-state index contributed by atoms with van der Waals surface area (Å²) in [6.45, 7) is 2.42. The zero-order chi connectivity index (χ0) is 17.6. The Morgan fingerprint density at radius 3 is 2.52 bits per heavy atom. The van der Waals surface area contributed by atoms with Crippen LogP contribution in [0.15, 0.2) is 30.4 Å². The van der Waals surface area contributed by atoms with E-state index in [4.69, 9.17) is 11.6 Å². The number of amides is 1. The first-order chi connectivity index (χ1) is 12.0. The summed E-state index contributed by atoms with van der Waals surface area (Å²) in [6, 6.07) is 4.75. The predicted molar refractivity (Wildman–Crippen MR) is 95.7 cm³/mol. The number of nitro benzene ring substituents is 1. The average molecular weight is 362 g/mol. The number of nitrogens with zero attached hydrogens (tertiary/aromatic N) is 3. The van der Waals surface area contributed by atoms with Gasteiger partial charge in [0.2, 0.25) is 5.91 Å². The van der Waals surface area contributed by atoms with Gasteiger partial charge in [-0.05, 0) is 36.8 Å². The molecular formula is C18H20ClN3O3. The smallest absolute Gasteiger partial charge is 0.294 e. The maximum Gasteiger partial charge on any atom is 0.294 e. The lowest BCUT2D eigenvalue weighted by Gasteiger charge is -2.37. The predicted octanol–water partition coefficient (Wildman–Crippen LogP) is 3.11. The first-order valence-electron chi connectivity index (χ1n) is 8.69. The second-order valence-electron chi connectivity index (χ2n) is 7.09. The number of anilines is 1. The minimum atomic E-state index is -0.402. The van der Waals surface area contributed by atoms with Crippen LogP contribution in [0, 0.1) is 27.9 Å². The van der Waals surface area contributed by atoms with Crippen LogP contribution in [0.25, 0.3) is 0 Å². The van der Waals surface area contributed by atoms with E-state index in [-0.39, 0.29) is 17.5 Å². The maximum atomic E-state index is 12.8. The molecule has 6 nitrogen and oxygen atoms in total. The van der Waals surface area contributed by atoms with Crippen LogP contribution in [0.5, 0.6) is 0 Å². The van der Waals surface area contributed by atoms with E-state index < -0.39 is 4.92 Å². The van der Waals surface area contributed by atoms with Crippen LogP contribution in [0.2, 0.25) is 5.02 Å². The lowest BCUT2D eigenvalue weighted by atomic mass is 9.92. The van der Waals surface area contributed by atoms with Gasteiger partial charge in [-0.2, -0.15) is 0 Å². The molecule has 1 saturated heterocycles. The van der Waals surface area contributed by atoms with E-state index in [1.165, 1.54) is 6.07 Å². The number of nitro groups is 1. The van der Waals surface area contributed by atoms with Crippen molar-refractivity contribution in [2.45, 2.75) is 12.8 Å². The van der Waals surface area contributed by atoms with Gasteiger partial charge < -0.3 is 9.80 Å². The number of allylic oxidation sites excluding steroid dienone is 2. The summed E-state index contributed by atoms with van der Waals surface area (Å²) < 4.78 is 0. The summed E-state index contributed by atoms with van der Waals surface area (Å²) >= 11 is 5.89. The molecule has 0 radical (unpaired) electrons. The van der Waals surface area contributed by atoms with E-state index in [2.05, 4.69) is 12.2 Å². The van der Waals surface area contributed by atoms with E-state index in [1.54, 1.807) is 12.1 Å². The molecule has 2 fully saturated rings. The SMILES string of the molecule is O=C([C@@H]1C[C@@H]2C=C[C@H]1C2)N1CCN(c2ccc(Cl)cc2[N+](=O)[O-])CC1. The quantitative estimate of drug-likeness (QED) is 0.471. The van der Waals surface area contributed by atoms with Gasteiger partial charge in [0, 0.05) is 43.2 Å². The van der Waals surface area contributed by atoms with Crippen LogP contribution in [-0.4, -0.2) is 41.9 Å². The zero-order valence-corrected chi connectivity index (χ0v) is 14.6. The Labute approximate surface area is 151 Å². The van der Waals surface area contributed by atoms with Gasteiger partial charge in [0.25, 0.3) is 5.69 Å². The molecule has 0 unspecified atom stereocenters. The summed E-state index contributed by atoms with van der Waals surface area (Å²) in [4.78, 5) is 27.6. The third-order valence-corrected chi connectivity index (χ3v) is 5.90. The standard InChI is InChI=1S/C18H20ClN3O3/c19-14-3-4-16(17(11-14)22(24)25)20-5-7-21(8-6-20)18(23)15-10-12-1-2-13(15)9-12/h1-4,11-13,15H,5-10H2/t12-,13+,15-/m1/s1. The molecule has 1 aromatic carbocycles. The van der Waals surface area contributed by atoms with Gasteiger partial charge in [-0.15, -0.1) is 0 Å². The van der Waals surface area contributed by atoms with E-state index in [0.717, 1.165) is 12.8 Å². The summed E-state index contributed by atoms with van der Waals surface area (Å²) in [5.74, 6) is 1.37. The van der Waals surface area contributed by atoms with Gasteiger partial charge in [0.15, 0.2) is 0 Å². The summed E-state index contributed by atoms with van der Waals surface area (Å²) in [5, 5.41) is 11.6. The molecule has 7 heteroatoms.